The fourth-order valence-corrected chi connectivity index (χ4v) is 0.963. The van der Waals surface area contributed by atoms with Gasteiger partial charge in [0.2, 0.25) is 5.91 Å². The Bertz CT molecular complexity index is 239. The van der Waals surface area contributed by atoms with Crippen LogP contribution in [0.5, 0.6) is 0 Å². The first-order chi connectivity index (χ1) is 6.95. The Morgan fingerprint density at radius 3 is 2.60 bits per heavy atom. The van der Waals surface area contributed by atoms with Gasteiger partial charge < -0.3 is 16.2 Å². The number of amides is 1. The lowest BCUT2D eigenvalue weighted by Gasteiger charge is -2.03. The van der Waals surface area contributed by atoms with Crippen LogP contribution >= 0.6 is 0 Å². The van der Waals surface area contributed by atoms with Crippen molar-refractivity contribution in [3.05, 3.63) is 12.2 Å². The molecule has 1 rings (SSSR count). The highest BCUT2D eigenvalue weighted by atomic mass is 16.4. The van der Waals surface area contributed by atoms with Gasteiger partial charge in [-0.2, -0.15) is 0 Å². The number of carboxylic acid groups (broad SMARTS) is 1. The maximum absolute atomic E-state index is 10.8. The van der Waals surface area contributed by atoms with E-state index < -0.39 is 5.97 Å². The fraction of sp³-hybridized carbons (Fsp3) is 0.600. The zero-order chi connectivity index (χ0) is 11.8. The number of aliphatic carboxylic acids is 1. The lowest BCUT2D eigenvalue weighted by Crippen LogP contribution is -2.38. The zero-order valence-electron chi connectivity index (χ0n) is 8.95. The number of carboxylic acids is 1. The smallest absolute Gasteiger partial charge is 0.330 e. The average Bonchev–Trinajstić information content (AvgIpc) is 2.33. The van der Waals surface area contributed by atoms with E-state index in [1.165, 1.54) is 6.92 Å². The molecule has 4 N–H and O–H groups in total. The number of carbonyl (C=O) groups excluding carboxylic acids is 1. The van der Waals surface area contributed by atoms with Gasteiger partial charge in [0.05, 0.1) is 6.04 Å². The second kappa shape index (κ2) is 7.00. The molecule has 5 heteroatoms. The summed E-state index contributed by atoms with van der Waals surface area (Å²) in [6, 6.07) is -0.257. The van der Waals surface area contributed by atoms with Gasteiger partial charge in [0, 0.05) is 12.1 Å². The molecule has 1 atom stereocenters. The number of hydrogen-bond acceptors (Lipinski definition) is 3. The van der Waals surface area contributed by atoms with E-state index in [1.54, 1.807) is 0 Å². The highest BCUT2D eigenvalue weighted by Gasteiger charge is 2.14. The second-order valence-corrected chi connectivity index (χ2v) is 3.48. The number of nitrogens with one attached hydrogen (secondary N) is 1. The van der Waals surface area contributed by atoms with Gasteiger partial charge in [-0.3, -0.25) is 4.79 Å². The van der Waals surface area contributed by atoms with Crippen LogP contribution in [0.1, 0.15) is 26.2 Å². The normalized spacial score (nSPS) is 20.4. The van der Waals surface area contributed by atoms with Gasteiger partial charge in [-0.15, -0.1) is 0 Å². The van der Waals surface area contributed by atoms with Crippen molar-refractivity contribution < 1.29 is 14.7 Å². The third kappa shape index (κ3) is 6.68. The van der Waals surface area contributed by atoms with Crippen molar-refractivity contribution in [1.29, 1.82) is 0 Å². The maximum atomic E-state index is 10.8. The first kappa shape index (κ1) is 13.6. The van der Waals surface area contributed by atoms with E-state index >= 15 is 0 Å². The lowest BCUT2D eigenvalue weighted by atomic mass is 10.1. The molecule has 86 valence electrons. The van der Waals surface area contributed by atoms with E-state index in [9.17, 15) is 9.59 Å². The Morgan fingerprint density at radius 2 is 2.13 bits per heavy atom. The molecule has 0 bridgehead atoms. The molecular formula is C10H18N2O3. The third-order valence-corrected chi connectivity index (χ3v) is 1.94. The van der Waals surface area contributed by atoms with Gasteiger partial charge in [0.25, 0.3) is 0 Å². The summed E-state index contributed by atoms with van der Waals surface area (Å²) >= 11 is 0. The van der Waals surface area contributed by atoms with Gasteiger partial charge in [-0.1, -0.05) is 6.58 Å². The summed E-state index contributed by atoms with van der Waals surface area (Å²) in [5, 5.41) is 10.6. The molecule has 0 aromatic carbocycles. The molecule has 1 aliphatic heterocycles. The van der Waals surface area contributed by atoms with Gasteiger partial charge in [0.15, 0.2) is 0 Å². The van der Waals surface area contributed by atoms with Crippen LogP contribution in [0.25, 0.3) is 0 Å². The monoisotopic (exact) mass is 214 g/mol. The zero-order valence-corrected chi connectivity index (χ0v) is 8.95. The van der Waals surface area contributed by atoms with E-state index in [2.05, 4.69) is 11.9 Å². The Morgan fingerprint density at radius 1 is 1.60 bits per heavy atom. The molecule has 0 saturated carbocycles. The van der Waals surface area contributed by atoms with Crippen LogP contribution in [-0.2, 0) is 9.59 Å². The summed E-state index contributed by atoms with van der Waals surface area (Å²) in [7, 11) is 0. The molecule has 0 aliphatic carbocycles. The molecule has 1 amide bonds. The molecule has 5 nitrogen and oxygen atoms in total. The van der Waals surface area contributed by atoms with Crippen LogP contribution in [0.4, 0.5) is 0 Å². The minimum atomic E-state index is -0.935. The molecular weight excluding hydrogens is 196 g/mol. The van der Waals surface area contributed by atoms with Gasteiger partial charge in [0.1, 0.15) is 0 Å². The lowest BCUT2D eigenvalue weighted by molar-refractivity contribution is -0.132. The van der Waals surface area contributed by atoms with Gasteiger partial charge in [-0.05, 0) is 26.2 Å². The van der Waals surface area contributed by atoms with E-state index in [0.29, 0.717) is 0 Å². The fourth-order valence-electron chi connectivity index (χ4n) is 0.963. The molecule has 15 heavy (non-hydrogen) atoms. The Kier molecular flexibility index (Phi) is 6.37. The quantitative estimate of drug-likeness (QED) is 0.546. The SMILES string of the molecule is C=C(C)C(=O)O.NC1CCCCNC1=O. The van der Waals surface area contributed by atoms with Crippen LogP contribution in [-0.4, -0.2) is 29.6 Å². The standard InChI is InChI=1S/C6H12N2O.C4H6O2/c7-5-3-1-2-4-8-6(5)9;1-3(2)4(5)6/h5H,1-4,7H2,(H,8,9);1H2,2H3,(H,5,6). The van der Waals surface area contributed by atoms with Crippen molar-refractivity contribution in [3.8, 4) is 0 Å². The van der Waals surface area contributed by atoms with E-state index in [1.807, 2.05) is 0 Å². The van der Waals surface area contributed by atoms with Crippen LogP contribution in [0.3, 0.4) is 0 Å². The first-order valence-electron chi connectivity index (χ1n) is 4.87. The second-order valence-electron chi connectivity index (χ2n) is 3.48. The maximum Gasteiger partial charge on any atom is 0.330 e. The van der Waals surface area contributed by atoms with Crippen molar-refractivity contribution in [3.63, 3.8) is 0 Å². The van der Waals surface area contributed by atoms with Gasteiger partial charge >= 0.3 is 5.97 Å². The highest BCUT2D eigenvalue weighted by molar-refractivity contribution is 5.84. The molecule has 1 fully saturated rings. The first-order valence-corrected chi connectivity index (χ1v) is 4.87. The van der Waals surface area contributed by atoms with Crippen LogP contribution < -0.4 is 11.1 Å². The Labute approximate surface area is 89.3 Å². The minimum Gasteiger partial charge on any atom is -0.478 e. The van der Waals surface area contributed by atoms with Crippen LogP contribution in [0.15, 0.2) is 12.2 Å². The van der Waals surface area contributed by atoms with E-state index in [-0.39, 0.29) is 17.5 Å². The summed E-state index contributed by atoms with van der Waals surface area (Å²) in [6.07, 6.45) is 2.98. The summed E-state index contributed by atoms with van der Waals surface area (Å²) in [4.78, 5) is 20.4. The number of carbonyl (C=O) groups is 2. The van der Waals surface area contributed by atoms with Crippen molar-refractivity contribution in [2.24, 2.45) is 5.73 Å². The molecule has 0 radical (unpaired) electrons. The number of rotatable bonds is 1. The van der Waals surface area contributed by atoms with Crippen molar-refractivity contribution in [2.45, 2.75) is 32.2 Å². The Hall–Kier alpha value is -1.36. The molecule has 1 heterocycles. The van der Waals surface area contributed by atoms with Crippen molar-refractivity contribution in [1.82, 2.24) is 5.32 Å². The highest BCUT2D eigenvalue weighted by Crippen LogP contribution is 2.01. The van der Waals surface area contributed by atoms with E-state index in [0.717, 1.165) is 25.8 Å². The third-order valence-electron chi connectivity index (χ3n) is 1.94. The summed E-state index contributed by atoms with van der Waals surface area (Å²) in [5.41, 5.74) is 5.64. The topological polar surface area (TPSA) is 92.4 Å². The summed E-state index contributed by atoms with van der Waals surface area (Å²) in [6.45, 7) is 5.40. The number of nitrogens with two attached hydrogens (primary N) is 1. The molecule has 1 aliphatic rings. The predicted octanol–water partition coefficient (Wildman–Crippen LogP) is 0.261. The molecule has 1 saturated heterocycles. The van der Waals surface area contributed by atoms with E-state index in [4.69, 9.17) is 10.8 Å². The number of hydrogen-bond donors (Lipinski definition) is 3. The summed E-state index contributed by atoms with van der Waals surface area (Å²) in [5.74, 6) is -0.928. The molecule has 0 aromatic rings. The summed E-state index contributed by atoms with van der Waals surface area (Å²) < 4.78 is 0. The Balaban J connectivity index is 0.000000288. The molecule has 0 aromatic heterocycles. The predicted molar refractivity (Wildman–Crippen MR) is 57.3 cm³/mol. The minimum absolute atomic E-state index is 0.00694. The van der Waals surface area contributed by atoms with Gasteiger partial charge in [-0.25, -0.2) is 4.79 Å². The van der Waals surface area contributed by atoms with Crippen LogP contribution in [0, 0.1) is 0 Å². The molecule has 1 unspecified atom stereocenters. The van der Waals surface area contributed by atoms with Crippen LogP contribution in [0.2, 0.25) is 0 Å². The largest absolute Gasteiger partial charge is 0.478 e. The van der Waals surface area contributed by atoms with Crippen molar-refractivity contribution in [2.75, 3.05) is 6.54 Å². The average molecular weight is 214 g/mol. The molecule has 0 spiro atoms. The van der Waals surface area contributed by atoms with Crippen molar-refractivity contribution >= 4 is 11.9 Å².